The van der Waals surface area contributed by atoms with Crippen LogP contribution in [0.5, 0.6) is 0 Å². The highest BCUT2D eigenvalue weighted by Crippen LogP contribution is 2.46. The normalized spacial score (nSPS) is 14.4. The molecule has 4 rings (SSSR count). The molecule has 4 heteroatoms. The Balaban J connectivity index is 1.87. The maximum absolute atomic E-state index is 11.1. The molecule has 22 heavy (non-hydrogen) atoms. The van der Waals surface area contributed by atoms with Gasteiger partial charge in [-0.05, 0) is 53.1 Å². The predicted octanol–water partition coefficient (Wildman–Crippen LogP) is 3.73. The number of carbonyl (C=O) groups is 1. The first kappa shape index (κ1) is 13.1. The maximum atomic E-state index is 11.1. The summed E-state index contributed by atoms with van der Waals surface area (Å²) in [6.07, 6.45) is 4.08. The van der Waals surface area contributed by atoms with E-state index in [4.69, 9.17) is 5.11 Å². The number of benzene rings is 2. The molecule has 1 aliphatic rings. The number of nitrogens with one attached hydrogen (secondary N) is 1. The summed E-state index contributed by atoms with van der Waals surface area (Å²) in [6.45, 7) is 0. The Morgan fingerprint density at radius 2 is 2.14 bits per heavy atom. The number of rotatable bonds is 4. The van der Waals surface area contributed by atoms with Gasteiger partial charge in [0.25, 0.3) is 0 Å². The van der Waals surface area contributed by atoms with Crippen LogP contribution in [0.25, 0.3) is 22.2 Å². The minimum Gasteiger partial charge on any atom is -0.481 e. The molecule has 1 aromatic heterocycles. The van der Waals surface area contributed by atoms with Crippen molar-refractivity contribution < 1.29 is 9.90 Å². The molecule has 0 aliphatic heterocycles. The average Bonchev–Trinajstić information content (AvgIpc) is 3.23. The van der Waals surface area contributed by atoms with E-state index in [1.54, 1.807) is 6.33 Å². The molecular formula is C18H16N2O2. The lowest BCUT2D eigenvalue weighted by Gasteiger charge is -2.14. The molecule has 2 N–H and O–H groups in total. The highest BCUT2D eigenvalue weighted by atomic mass is 16.4. The molecular weight excluding hydrogens is 276 g/mol. The van der Waals surface area contributed by atoms with Gasteiger partial charge in [-0.15, -0.1) is 0 Å². The van der Waals surface area contributed by atoms with Crippen LogP contribution in [-0.2, 0) is 11.2 Å². The van der Waals surface area contributed by atoms with Crippen LogP contribution in [-0.4, -0.2) is 21.0 Å². The Kier molecular flexibility index (Phi) is 2.96. The zero-order valence-corrected chi connectivity index (χ0v) is 12.0. The second-order valence-corrected chi connectivity index (χ2v) is 5.86. The lowest BCUT2D eigenvalue weighted by atomic mass is 9.91. The second-order valence-electron chi connectivity index (χ2n) is 5.86. The molecule has 110 valence electrons. The summed E-state index contributed by atoms with van der Waals surface area (Å²) in [6, 6.07) is 12.2. The first-order chi connectivity index (χ1) is 10.7. The average molecular weight is 292 g/mol. The number of aliphatic carboxylic acids is 1. The molecule has 2 aromatic carbocycles. The highest BCUT2D eigenvalue weighted by molar-refractivity contribution is 5.83. The van der Waals surface area contributed by atoms with E-state index in [2.05, 4.69) is 28.2 Å². The van der Waals surface area contributed by atoms with Gasteiger partial charge in [0.1, 0.15) is 0 Å². The summed E-state index contributed by atoms with van der Waals surface area (Å²) in [4.78, 5) is 18.5. The van der Waals surface area contributed by atoms with Crippen molar-refractivity contribution in [2.75, 3.05) is 0 Å². The van der Waals surface area contributed by atoms with Crippen LogP contribution in [0.3, 0.4) is 0 Å². The minimum atomic E-state index is -0.775. The van der Waals surface area contributed by atoms with E-state index in [9.17, 15) is 4.79 Å². The summed E-state index contributed by atoms with van der Waals surface area (Å²) in [7, 11) is 0. The third-order valence-electron chi connectivity index (χ3n) is 4.25. The van der Waals surface area contributed by atoms with Crippen molar-refractivity contribution in [2.45, 2.75) is 25.2 Å². The van der Waals surface area contributed by atoms with Gasteiger partial charge in [-0.1, -0.05) is 24.3 Å². The monoisotopic (exact) mass is 292 g/mol. The van der Waals surface area contributed by atoms with Gasteiger partial charge in [0, 0.05) is 0 Å². The third-order valence-corrected chi connectivity index (χ3v) is 4.25. The zero-order chi connectivity index (χ0) is 15.1. The number of carboxylic acid groups (broad SMARTS) is 1. The molecule has 0 atom stereocenters. The maximum Gasteiger partial charge on any atom is 0.307 e. The van der Waals surface area contributed by atoms with Gasteiger partial charge in [-0.2, -0.15) is 0 Å². The van der Waals surface area contributed by atoms with Gasteiger partial charge >= 0.3 is 5.97 Å². The van der Waals surface area contributed by atoms with Gasteiger partial charge in [0.2, 0.25) is 0 Å². The second kappa shape index (κ2) is 4.98. The number of imidazole rings is 1. The molecule has 1 saturated carbocycles. The van der Waals surface area contributed by atoms with Crippen molar-refractivity contribution in [3.63, 3.8) is 0 Å². The van der Waals surface area contributed by atoms with Gasteiger partial charge < -0.3 is 10.1 Å². The number of nitrogens with zero attached hydrogens (tertiary/aromatic N) is 1. The third kappa shape index (κ3) is 2.26. The van der Waals surface area contributed by atoms with E-state index in [-0.39, 0.29) is 6.42 Å². The molecule has 0 spiro atoms. The first-order valence-electron chi connectivity index (χ1n) is 7.49. The number of aromatic nitrogens is 2. The number of H-pyrrole nitrogens is 1. The van der Waals surface area contributed by atoms with Gasteiger partial charge in [0.15, 0.2) is 0 Å². The zero-order valence-electron chi connectivity index (χ0n) is 12.0. The number of aromatic amines is 1. The molecule has 1 aliphatic carbocycles. The van der Waals surface area contributed by atoms with Crippen LogP contribution in [0, 0.1) is 0 Å². The van der Waals surface area contributed by atoms with E-state index in [1.165, 1.54) is 5.56 Å². The number of hydrogen-bond donors (Lipinski definition) is 2. The van der Waals surface area contributed by atoms with Crippen molar-refractivity contribution in [3.05, 3.63) is 53.9 Å². The standard InChI is InChI=1S/C18H16N2O2/c21-17(22)9-13-2-1-3-14(18(13)11-4-5-11)12-6-7-15-16(8-12)20-10-19-15/h1-3,6-8,10-11H,4-5,9H2,(H,19,20)(H,21,22). The van der Waals surface area contributed by atoms with Crippen LogP contribution in [0.4, 0.5) is 0 Å². The minimum absolute atomic E-state index is 0.0893. The molecule has 1 fully saturated rings. The summed E-state index contributed by atoms with van der Waals surface area (Å²) in [5, 5.41) is 9.16. The summed E-state index contributed by atoms with van der Waals surface area (Å²) >= 11 is 0. The van der Waals surface area contributed by atoms with Crippen molar-refractivity contribution in [2.24, 2.45) is 0 Å². The molecule has 0 saturated heterocycles. The van der Waals surface area contributed by atoms with E-state index in [0.29, 0.717) is 5.92 Å². The molecule has 4 nitrogen and oxygen atoms in total. The number of carboxylic acids is 1. The van der Waals surface area contributed by atoms with Crippen molar-refractivity contribution >= 4 is 17.0 Å². The number of fused-ring (bicyclic) bond motifs is 1. The van der Waals surface area contributed by atoms with Crippen LogP contribution < -0.4 is 0 Å². The summed E-state index contributed by atoms with van der Waals surface area (Å²) in [5.74, 6) is -0.272. The van der Waals surface area contributed by atoms with Crippen LogP contribution in [0.15, 0.2) is 42.7 Å². The largest absolute Gasteiger partial charge is 0.481 e. The lowest BCUT2D eigenvalue weighted by molar-refractivity contribution is -0.136. The lowest BCUT2D eigenvalue weighted by Crippen LogP contribution is -2.04. The molecule has 0 bridgehead atoms. The topological polar surface area (TPSA) is 66.0 Å². The summed E-state index contributed by atoms with van der Waals surface area (Å²) in [5.41, 5.74) is 6.37. The van der Waals surface area contributed by atoms with E-state index in [1.807, 2.05) is 18.2 Å². The molecule has 0 amide bonds. The fraction of sp³-hybridized carbons (Fsp3) is 0.222. The number of hydrogen-bond acceptors (Lipinski definition) is 2. The van der Waals surface area contributed by atoms with E-state index < -0.39 is 5.97 Å². The Labute approximate surface area is 127 Å². The van der Waals surface area contributed by atoms with Crippen LogP contribution in [0.2, 0.25) is 0 Å². The van der Waals surface area contributed by atoms with E-state index >= 15 is 0 Å². The van der Waals surface area contributed by atoms with Crippen LogP contribution >= 0.6 is 0 Å². The SMILES string of the molecule is O=C(O)Cc1cccc(-c2ccc3nc[nH]c3c2)c1C1CC1. The van der Waals surface area contributed by atoms with Gasteiger partial charge in [0.05, 0.1) is 23.8 Å². The van der Waals surface area contributed by atoms with Gasteiger partial charge in [-0.3, -0.25) is 4.79 Å². The van der Waals surface area contributed by atoms with E-state index in [0.717, 1.165) is 40.6 Å². The molecule has 3 aromatic rings. The first-order valence-corrected chi connectivity index (χ1v) is 7.49. The van der Waals surface area contributed by atoms with Crippen molar-refractivity contribution in [1.82, 2.24) is 9.97 Å². The molecule has 0 radical (unpaired) electrons. The Morgan fingerprint density at radius 3 is 2.91 bits per heavy atom. The summed E-state index contributed by atoms with van der Waals surface area (Å²) < 4.78 is 0. The fourth-order valence-electron chi connectivity index (χ4n) is 3.14. The Morgan fingerprint density at radius 1 is 1.27 bits per heavy atom. The quantitative estimate of drug-likeness (QED) is 0.770. The predicted molar refractivity (Wildman–Crippen MR) is 84.8 cm³/mol. The highest BCUT2D eigenvalue weighted by Gasteiger charge is 2.29. The van der Waals surface area contributed by atoms with Crippen molar-refractivity contribution in [1.29, 1.82) is 0 Å². The molecule has 0 unspecified atom stereocenters. The van der Waals surface area contributed by atoms with Crippen molar-refractivity contribution in [3.8, 4) is 11.1 Å². The Bertz CT molecular complexity index is 862. The van der Waals surface area contributed by atoms with Crippen LogP contribution in [0.1, 0.15) is 29.9 Å². The fourth-order valence-corrected chi connectivity index (χ4v) is 3.14. The Hall–Kier alpha value is -2.62. The molecule has 1 heterocycles. The van der Waals surface area contributed by atoms with Gasteiger partial charge in [-0.25, -0.2) is 4.98 Å². The smallest absolute Gasteiger partial charge is 0.307 e.